The second-order valence-electron chi connectivity index (χ2n) is 4.17. The van der Waals surface area contributed by atoms with E-state index in [0.29, 0.717) is 6.04 Å². The molecule has 1 atom stereocenters. The lowest BCUT2D eigenvalue weighted by Gasteiger charge is -2.23. The molecule has 0 saturated carbocycles. The van der Waals surface area contributed by atoms with Gasteiger partial charge in [0.25, 0.3) is 0 Å². The van der Waals surface area contributed by atoms with Gasteiger partial charge in [-0.1, -0.05) is 12.1 Å². The second-order valence-corrected chi connectivity index (χ2v) is 4.17. The van der Waals surface area contributed by atoms with Crippen molar-refractivity contribution >= 4 is 12.0 Å². The SMILES string of the molecule is CNC(C)c1ccc(N2C=NCCC2)cc1. The maximum absolute atomic E-state index is 4.30. The summed E-state index contributed by atoms with van der Waals surface area (Å²) in [7, 11) is 1.98. The van der Waals surface area contributed by atoms with Crippen LogP contribution in [0.4, 0.5) is 5.69 Å². The Morgan fingerprint density at radius 2 is 2.06 bits per heavy atom. The maximum atomic E-state index is 4.30. The molecular weight excluding hydrogens is 198 g/mol. The van der Waals surface area contributed by atoms with Crippen molar-refractivity contribution in [3.8, 4) is 0 Å². The quantitative estimate of drug-likeness (QED) is 0.840. The number of aliphatic imine (C=N–C) groups is 1. The van der Waals surface area contributed by atoms with Crippen LogP contribution in [-0.2, 0) is 0 Å². The van der Waals surface area contributed by atoms with Crippen molar-refractivity contribution in [1.29, 1.82) is 0 Å². The minimum atomic E-state index is 0.407. The van der Waals surface area contributed by atoms with Gasteiger partial charge >= 0.3 is 0 Å². The summed E-state index contributed by atoms with van der Waals surface area (Å²) < 4.78 is 0. The molecule has 1 heterocycles. The van der Waals surface area contributed by atoms with Crippen LogP contribution in [0.2, 0.25) is 0 Å². The number of nitrogens with zero attached hydrogens (tertiary/aromatic N) is 2. The molecule has 0 saturated heterocycles. The predicted molar refractivity (Wildman–Crippen MR) is 69.2 cm³/mol. The first kappa shape index (κ1) is 11.1. The van der Waals surface area contributed by atoms with Crippen molar-refractivity contribution in [2.45, 2.75) is 19.4 Å². The molecule has 0 aromatic heterocycles. The van der Waals surface area contributed by atoms with Gasteiger partial charge in [-0.25, -0.2) is 0 Å². The molecule has 0 radical (unpaired) electrons. The van der Waals surface area contributed by atoms with Crippen LogP contribution in [0.1, 0.15) is 24.9 Å². The van der Waals surface area contributed by atoms with Gasteiger partial charge in [-0.2, -0.15) is 0 Å². The fraction of sp³-hybridized carbons (Fsp3) is 0.462. The van der Waals surface area contributed by atoms with E-state index >= 15 is 0 Å². The third kappa shape index (κ3) is 2.42. The highest BCUT2D eigenvalue weighted by molar-refractivity contribution is 5.79. The van der Waals surface area contributed by atoms with Crippen LogP contribution in [-0.4, -0.2) is 26.5 Å². The summed E-state index contributed by atoms with van der Waals surface area (Å²) in [5, 5.41) is 3.24. The van der Waals surface area contributed by atoms with E-state index < -0.39 is 0 Å². The molecule has 3 heteroatoms. The van der Waals surface area contributed by atoms with Crippen LogP contribution in [0.25, 0.3) is 0 Å². The summed E-state index contributed by atoms with van der Waals surface area (Å²) in [6.07, 6.45) is 3.09. The Kier molecular flexibility index (Phi) is 3.57. The molecule has 0 aliphatic carbocycles. The summed E-state index contributed by atoms with van der Waals surface area (Å²) in [6.45, 7) is 4.20. The molecule has 1 N–H and O–H groups in total. The summed E-state index contributed by atoms with van der Waals surface area (Å²) in [6, 6.07) is 9.10. The Bertz CT molecular complexity index is 356. The van der Waals surface area contributed by atoms with Gasteiger partial charge in [0.1, 0.15) is 0 Å². The molecule has 0 bridgehead atoms. The molecule has 1 aliphatic rings. The van der Waals surface area contributed by atoms with Crippen LogP contribution < -0.4 is 10.2 Å². The highest BCUT2D eigenvalue weighted by Gasteiger charge is 2.08. The maximum Gasteiger partial charge on any atom is 0.0894 e. The number of benzene rings is 1. The molecular formula is C13H19N3. The van der Waals surface area contributed by atoms with Crippen LogP contribution in [0, 0.1) is 0 Å². The molecule has 0 amide bonds. The van der Waals surface area contributed by atoms with Crippen molar-refractivity contribution in [3.05, 3.63) is 29.8 Å². The Balaban J connectivity index is 2.12. The van der Waals surface area contributed by atoms with Gasteiger partial charge in [0, 0.05) is 24.8 Å². The lowest BCUT2D eigenvalue weighted by atomic mass is 10.1. The van der Waals surface area contributed by atoms with Crippen molar-refractivity contribution in [2.75, 3.05) is 25.0 Å². The van der Waals surface area contributed by atoms with E-state index in [-0.39, 0.29) is 0 Å². The number of anilines is 1. The average molecular weight is 217 g/mol. The number of hydrogen-bond donors (Lipinski definition) is 1. The van der Waals surface area contributed by atoms with Crippen molar-refractivity contribution in [1.82, 2.24) is 5.32 Å². The zero-order chi connectivity index (χ0) is 11.4. The zero-order valence-corrected chi connectivity index (χ0v) is 9.98. The minimum absolute atomic E-state index is 0.407. The van der Waals surface area contributed by atoms with Crippen molar-refractivity contribution < 1.29 is 0 Å². The Morgan fingerprint density at radius 3 is 2.62 bits per heavy atom. The number of nitrogens with one attached hydrogen (secondary N) is 1. The molecule has 1 unspecified atom stereocenters. The largest absolute Gasteiger partial charge is 0.333 e. The van der Waals surface area contributed by atoms with Crippen LogP contribution in [0.5, 0.6) is 0 Å². The minimum Gasteiger partial charge on any atom is -0.333 e. The van der Waals surface area contributed by atoms with E-state index in [9.17, 15) is 0 Å². The molecule has 1 aliphatic heterocycles. The third-order valence-corrected chi connectivity index (χ3v) is 3.07. The fourth-order valence-electron chi connectivity index (χ4n) is 1.86. The molecule has 1 aromatic rings. The molecule has 16 heavy (non-hydrogen) atoms. The van der Waals surface area contributed by atoms with E-state index in [1.165, 1.54) is 11.3 Å². The van der Waals surface area contributed by atoms with Gasteiger partial charge in [-0.05, 0) is 38.1 Å². The standard InChI is InChI=1S/C13H19N3/c1-11(14-2)12-4-6-13(7-5-12)16-9-3-8-15-10-16/h4-7,10-11,14H,3,8-9H2,1-2H3. The topological polar surface area (TPSA) is 27.6 Å². The van der Waals surface area contributed by atoms with Crippen LogP contribution in [0.15, 0.2) is 29.3 Å². The highest BCUT2D eigenvalue weighted by atomic mass is 15.2. The summed E-state index contributed by atoms with van der Waals surface area (Å²) >= 11 is 0. The Morgan fingerprint density at radius 1 is 1.31 bits per heavy atom. The van der Waals surface area contributed by atoms with Gasteiger partial charge in [-0.3, -0.25) is 4.99 Å². The summed E-state index contributed by atoms with van der Waals surface area (Å²) in [5.41, 5.74) is 2.55. The Labute approximate surface area is 97.2 Å². The smallest absolute Gasteiger partial charge is 0.0894 e. The second kappa shape index (κ2) is 5.12. The van der Waals surface area contributed by atoms with Gasteiger partial charge in [0.05, 0.1) is 6.34 Å². The average Bonchev–Trinajstić information content (AvgIpc) is 2.39. The molecule has 2 rings (SSSR count). The summed E-state index contributed by atoms with van der Waals surface area (Å²) in [4.78, 5) is 6.50. The number of hydrogen-bond acceptors (Lipinski definition) is 3. The van der Waals surface area contributed by atoms with E-state index in [0.717, 1.165) is 19.5 Å². The van der Waals surface area contributed by atoms with E-state index in [1.807, 2.05) is 13.4 Å². The first-order chi connectivity index (χ1) is 7.81. The molecule has 3 nitrogen and oxygen atoms in total. The van der Waals surface area contributed by atoms with E-state index in [2.05, 4.69) is 46.4 Å². The van der Waals surface area contributed by atoms with Crippen molar-refractivity contribution in [2.24, 2.45) is 4.99 Å². The lowest BCUT2D eigenvalue weighted by Crippen LogP contribution is -2.26. The van der Waals surface area contributed by atoms with Gasteiger partial charge < -0.3 is 10.2 Å². The van der Waals surface area contributed by atoms with Gasteiger partial charge in [0.2, 0.25) is 0 Å². The lowest BCUT2D eigenvalue weighted by molar-refractivity contribution is 0.652. The molecule has 0 spiro atoms. The normalized spacial score (nSPS) is 17.5. The summed E-state index contributed by atoms with van der Waals surface area (Å²) in [5.74, 6) is 0. The molecule has 1 aromatic carbocycles. The van der Waals surface area contributed by atoms with Gasteiger partial charge in [0.15, 0.2) is 0 Å². The Hall–Kier alpha value is -1.35. The van der Waals surface area contributed by atoms with E-state index in [4.69, 9.17) is 0 Å². The molecule has 86 valence electrons. The fourth-order valence-corrected chi connectivity index (χ4v) is 1.86. The highest BCUT2D eigenvalue weighted by Crippen LogP contribution is 2.19. The zero-order valence-electron chi connectivity index (χ0n) is 9.98. The van der Waals surface area contributed by atoms with Crippen LogP contribution >= 0.6 is 0 Å². The predicted octanol–water partition coefficient (Wildman–Crippen LogP) is 2.21. The van der Waals surface area contributed by atoms with Gasteiger partial charge in [-0.15, -0.1) is 0 Å². The first-order valence-electron chi connectivity index (χ1n) is 5.85. The molecule has 0 fully saturated rings. The number of rotatable bonds is 3. The first-order valence-corrected chi connectivity index (χ1v) is 5.85. The van der Waals surface area contributed by atoms with Crippen molar-refractivity contribution in [3.63, 3.8) is 0 Å². The van der Waals surface area contributed by atoms with Crippen LogP contribution in [0.3, 0.4) is 0 Å². The monoisotopic (exact) mass is 217 g/mol. The van der Waals surface area contributed by atoms with E-state index in [1.54, 1.807) is 0 Å². The third-order valence-electron chi connectivity index (χ3n) is 3.07.